The molecule has 4 rings (SSSR count). The molecule has 5 heteroatoms. The number of halogens is 1. The van der Waals surface area contributed by atoms with Crippen LogP contribution in [0.15, 0.2) is 42.6 Å². The second-order valence-corrected chi connectivity index (χ2v) is 7.55. The zero-order chi connectivity index (χ0) is 17.1. The van der Waals surface area contributed by atoms with Gasteiger partial charge in [-0.3, -0.25) is 4.90 Å². The van der Waals surface area contributed by atoms with Gasteiger partial charge in [0.05, 0.1) is 0 Å². The van der Waals surface area contributed by atoms with Gasteiger partial charge >= 0.3 is 0 Å². The smallest absolute Gasteiger partial charge is 0.163 e. The molecule has 1 aromatic rings. The molecule has 0 unspecified atom stereocenters. The van der Waals surface area contributed by atoms with Crippen molar-refractivity contribution in [2.45, 2.75) is 18.9 Å². The lowest BCUT2D eigenvalue weighted by Crippen LogP contribution is -2.45. The molecular weight excluding hydrogens is 336 g/mol. The molecule has 4 nitrogen and oxygen atoms in total. The Morgan fingerprint density at radius 3 is 2.76 bits per heavy atom. The van der Waals surface area contributed by atoms with E-state index in [0.29, 0.717) is 11.6 Å². The van der Waals surface area contributed by atoms with E-state index in [2.05, 4.69) is 34.2 Å². The number of piperidine rings is 1. The summed E-state index contributed by atoms with van der Waals surface area (Å²) in [6, 6.07) is 5.56. The van der Waals surface area contributed by atoms with Crippen LogP contribution in [0.2, 0.25) is 5.02 Å². The normalized spacial score (nSPS) is 23.9. The largest absolute Gasteiger partial charge is 0.486 e. The van der Waals surface area contributed by atoms with E-state index in [1.165, 1.54) is 19.4 Å². The monoisotopic (exact) mass is 360 g/mol. The summed E-state index contributed by atoms with van der Waals surface area (Å²) in [7, 11) is 0. The van der Waals surface area contributed by atoms with Crippen LogP contribution in [0.1, 0.15) is 12.8 Å². The first kappa shape index (κ1) is 16.8. The van der Waals surface area contributed by atoms with Gasteiger partial charge in [-0.15, -0.1) is 0 Å². The number of allylic oxidation sites excluding steroid dienone is 2. The molecule has 0 N–H and O–H groups in total. The number of hydrogen-bond donors (Lipinski definition) is 0. The zero-order valence-corrected chi connectivity index (χ0v) is 15.2. The van der Waals surface area contributed by atoms with Crippen LogP contribution in [-0.4, -0.2) is 55.2 Å². The summed E-state index contributed by atoms with van der Waals surface area (Å²) in [4.78, 5) is 4.92. The van der Waals surface area contributed by atoms with Gasteiger partial charge in [-0.2, -0.15) is 0 Å². The summed E-state index contributed by atoms with van der Waals surface area (Å²) >= 11 is 6.05. The van der Waals surface area contributed by atoms with E-state index in [1.807, 2.05) is 18.2 Å². The molecule has 1 atom stereocenters. The van der Waals surface area contributed by atoms with Gasteiger partial charge < -0.3 is 14.4 Å². The maximum atomic E-state index is 6.09. The molecule has 134 valence electrons. The van der Waals surface area contributed by atoms with Crippen molar-refractivity contribution in [2.24, 2.45) is 5.92 Å². The van der Waals surface area contributed by atoms with E-state index in [0.717, 1.165) is 43.6 Å². The Labute approximate surface area is 154 Å². The molecule has 0 aliphatic carbocycles. The second-order valence-electron chi connectivity index (χ2n) is 7.11. The predicted molar refractivity (Wildman–Crippen MR) is 100 cm³/mol. The minimum atomic E-state index is 0.0812. The first-order valence-electron chi connectivity index (χ1n) is 9.15. The molecule has 0 amide bonds. The van der Waals surface area contributed by atoms with E-state index in [4.69, 9.17) is 21.1 Å². The van der Waals surface area contributed by atoms with E-state index >= 15 is 0 Å². The van der Waals surface area contributed by atoms with Crippen molar-refractivity contribution in [1.82, 2.24) is 9.80 Å². The highest BCUT2D eigenvalue weighted by molar-refractivity contribution is 6.30. The summed E-state index contributed by atoms with van der Waals surface area (Å²) in [6.45, 7) is 6.03. The van der Waals surface area contributed by atoms with Gasteiger partial charge in [0.2, 0.25) is 0 Å². The minimum absolute atomic E-state index is 0.0812. The zero-order valence-electron chi connectivity index (χ0n) is 14.4. The number of likely N-dealkylation sites (tertiary alicyclic amines) is 1. The fourth-order valence-corrected chi connectivity index (χ4v) is 3.96. The van der Waals surface area contributed by atoms with Crippen molar-refractivity contribution >= 4 is 11.6 Å². The number of rotatable bonds is 4. The lowest BCUT2D eigenvalue weighted by atomic mass is 9.96. The van der Waals surface area contributed by atoms with Crippen LogP contribution in [0, 0.1) is 5.92 Å². The van der Waals surface area contributed by atoms with E-state index in [1.54, 1.807) is 0 Å². The third-order valence-corrected chi connectivity index (χ3v) is 5.40. The molecule has 0 bridgehead atoms. The molecule has 25 heavy (non-hydrogen) atoms. The Hall–Kier alpha value is -1.65. The number of fused-ring (bicyclic) bond motifs is 1. The predicted octanol–water partition coefficient (Wildman–Crippen LogP) is 3.58. The second kappa shape index (κ2) is 7.71. The number of hydrogen-bond acceptors (Lipinski definition) is 4. The quantitative estimate of drug-likeness (QED) is 0.819. The Balaban J connectivity index is 1.24. The van der Waals surface area contributed by atoms with Gasteiger partial charge in [0.15, 0.2) is 11.5 Å². The topological polar surface area (TPSA) is 24.9 Å². The van der Waals surface area contributed by atoms with Crippen LogP contribution in [0.5, 0.6) is 11.5 Å². The van der Waals surface area contributed by atoms with Gasteiger partial charge in [0, 0.05) is 30.7 Å². The van der Waals surface area contributed by atoms with Crippen molar-refractivity contribution in [3.05, 3.63) is 47.6 Å². The van der Waals surface area contributed by atoms with Crippen LogP contribution in [0.4, 0.5) is 0 Å². The van der Waals surface area contributed by atoms with Gasteiger partial charge in [-0.25, -0.2) is 0 Å². The fraction of sp³-hybridized carbons (Fsp3) is 0.500. The lowest BCUT2D eigenvalue weighted by molar-refractivity contribution is 0.0461. The van der Waals surface area contributed by atoms with E-state index < -0.39 is 0 Å². The Kier molecular flexibility index (Phi) is 5.18. The molecule has 0 aromatic heterocycles. The Morgan fingerprint density at radius 2 is 1.96 bits per heavy atom. The van der Waals surface area contributed by atoms with E-state index in [-0.39, 0.29) is 6.10 Å². The SMILES string of the molecule is Clc1ccc2c(c1)O[C@@H](CN1CCC(CN3C=CC=CC3)CC1)CO2. The van der Waals surface area contributed by atoms with Crippen molar-refractivity contribution in [3.63, 3.8) is 0 Å². The first-order valence-corrected chi connectivity index (χ1v) is 9.53. The molecule has 0 saturated carbocycles. The van der Waals surface area contributed by atoms with Crippen LogP contribution >= 0.6 is 11.6 Å². The highest BCUT2D eigenvalue weighted by atomic mass is 35.5. The van der Waals surface area contributed by atoms with Crippen LogP contribution in [0.3, 0.4) is 0 Å². The molecular formula is C20H25ClN2O2. The van der Waals surface area contributed by atoms with Crippen molar-refractivity contribution < 1.29 is 9.47 Å². The Bertz CT molecular complexity index is 653. The molecule has 3 aliphatic rings. The molecule has 3 heterocycles. The van der Waals surface area contributed by atoms with E-state index in [9.17, 15) is 0 Å². The molecule has 1 fully saturated rings. The maximum Gasteiger partial charge on any atom is 0.163 e. The standard InChI is InChI=1S/C20H25ClN2O2/c21-17-4-5-19-20(12-17)25-18(15-24-19)14-23-10-6-16(7-11-23)13-22-8-2-1-3-9-22/h1-5,8,12,16,18H,6-7,9-11,13-15H2/t18-/m0/s1. The van der Waals surface area contributed by atoms with Gasteiger partial charge in [-0.1, -0.05) is 23.8 Å². The van der Waals surface area contributed by atoms with Crippen molar-refractivity contribution in [1.29, 1.82) is 0 Å². The van der Waals surface area contributed by atoms with Crippen LogP contribution in [-0.2, 0) is 0 Å². The van der Waals surface area contributed by atoms with Crippen molar-refractivity contribution in [3.8, 4) is 11.5 Å². The van der Waals surface area contributed by atoms with Crippen LogP contribution in [0.25, 0.3) is 0 Å². The fourth-order valence-electron chi connectivity index (χ4n) is 3.79. The summed E-state index contributed by atoms with van der Waals surface area (Å²) < 4.78 is 11.9. The summed E-state index contributed by atoms with van der Waals surface area (Å²) in [5.41, 5.74) is 0. The molecule has 1 saturated heterocycles. The summed E-state index contributed by atoms with van der Waals surface area (Å²) in [5, 5.41) is 0.686. The average molecular weight is 361 g/mol. The highest BCUT2D eigenvalue weighted by Crippen LogP contribution is 2.34. The van der Waals surface area contributed by atoms with Crippen molar-refractivity contribution in [2.75, 3.05) is 39.3 Å². The number of nitrogens with zero attached hydrogens (tertiary/aromatic N) is 2. The third kappa shape index (κ3) is 4.31. The maximum absolute atomic E-state index is 6.09. The van der Waals surface area contributed by atoms with Gasteiger partial charge in [0.1, 0.15) is 12.7 Å². The molecule has 0 radical (unpaired) electrons. The average Bonchev–Trinajstić information content (AvgIpc) is 2.64. The van der Waals surface area contributed by atoms with Crippen LogP contribution < -0.4 is 9.47 Å². The Morgan fingerprint density at radius 1 is 1.08 bits per heavy atom. The lowest BCUT2D eigenvalue weighted by Gasteiger charge is -2.37. The van der Waals surface area contributed by atoms with Gasteiger partial charge in [-0.05, 0) is 56.3 Å². The number of ether oxygens (including phenoxy) is 2. The third-order valence-electron chi connectivity index (χ3n) is 5.17. The molecule has 3 aliphatic heterocycles. The number of benzene rings is 1. The summed E-state index contributed by atoms with van der Waals surface area (Å²) in [6.07, 6.45) is 11.3. The minimum Gasteiger partial charge on any atom is -0.486 e. The first-order chi connectivity index (χ1) is 12.3. The van der Waals surface area contributed by atoms with Gasteiger partial charge in [0.25, 0.3) is 0 Å². The summed E-state index contributed by atoms with van der Waals surface area (Å²) in [5.74, 6) is 2.35. The highest BCUT2D eigenvalue weighted by Gasteiger charge is 2.26. The molecule has 0 spiro atoms. The molecule has 1 aromatic carbocycles.